The minimum absolute atomic E-state index is 0.0432. The zero-order valence-corrected chi connectivity index (χ0v) is 25.2. The third kappa shape index (κ3) is 29.0. The van der Waals surface area contributed by atoms with Crippen molar-refractivity contribution in [3.8, 4) is 0 Å². The molecule has 1 unspecified atom stereocenters. The van der Waals surface area contributed by atoms with Crippen LogP contribution in [0.3, 0.4) is 0 Å². The molecule has 0 rings (SSSR count). The van der Waals surface area contributed by atoms with E-state index in [0.717, 1.165) is 44.9 Å². The lowest BCUT2D eigenvalue weighted by atomic mass is 10.0. The summed E-state index contributed by atoms with van der Waals surface area (Å²) < 4.78 is 5.82. The van der Waals surface area contributed by atoms with Crippen LogP contribution in [0.15, 0.2) is 24.3 Å². The predicted octanol–water partition coefficient (Wildman–Crippen LogP) is 10.9. The Hall–Kier alpha value is -1.58. The average Bonchev–Trinajstić information content (AvgIpc) is 2.90. The van der Waals surface area contributed by atoms with Gasteiger partial charge in [-0.2, -0.15) is 0 Å². The highest BCUT2D eigenvalue weighted by Crippen LogP contribution is 2.17. The van der Waals surface area contributed by atoms with Crippen molar-refractivity contribution in [1.29, 1.82) is 0 Å². The number of aliphatic carboxylic acids is 1. The quantitative estimate of drug-likeness (QED) is 0.0589. The second-order valence-electron chi connectivity index (χ2n) is 11.0. The highest BCUT2D eigenvalue weighted by atomic mass is 16.5. The van der Waals surface area contributed by atoms with E-state index in [-0.39, 0.29) is 18.5 Å². The summed E-state index contributed by atoms with van der Waals surface area (Å²) in [5.74, 6) is -0.815. The number of ether oxygens (including phenoxy) is 1. The Morgan fingerprint density at radius 1 is 0.579 bits per heavy atom. The van der Waals surface area contributed by atoms with Crippen molar-refractivity contribution in [2.45, 2.75) is 180 Å². The maximum atomic E-state index is 12.4. The molecule has 0 aromatic rings. The molecule has 1 N–H and O–H groups in total. The summed E-state index contributed by atoms with van der Waals surface area (Å²) in [5.41, 5.74) is 0. The van der Waals surface area contributed by atoms with Crippen LogP contribution < -0.4 is 0 Å². The Balaban J connectivity index is 3.81. The number of carbonyl (C=O) groups is 2. The van der Waals surface area contributed by atoms with Gasteiger partial charge in [-0.05, 0) is 70.6 Å². The van der Waals surface area contributed by atoms with E-state index in [1.165, 1.54) is 96.3 Å². The lowest BCUT2D eigenvalue weighted by molar-refractivity contribution is -0.150. The number of unbranched alkanes of at least 4 members (excludes halogenated alkanes) is 16. The summed E-state index contributed by atoms with van der Waals surface area (Å²) in [6.07, 6.45) is 36.2. The van der Waals surface area contributed by atoms with Crippen molar-refractivity contribution < 1.29 is 19.4 Å². The Kier molecular flexibility index (Phi) is 28.7. The van der Waals surface area contributed by atoms with E-state index in [0.29, 0.717) is 12.8 Å². The van der Waals surface area contributed by atoms with E-state index in [2.05, 4.69) is 38.2 Å². The molecule has 0 heterocycles. The van der Waals surface area contributed by atoms with Crippen LogP contribution in [0.2, 0.25) is 0 Å². The van der Waals surface area contributed by atoms with Crippen LogP contribution in [0, 0.1) is 0 Å². The SMILES string of the molecule is CCCCC/C=C\C/C=C\CCCCCCCCCC(=O)OC(CCCCCCCC)CCCCC(=O)O. The van der Waals surface area contributed by atoms with Crippen LogP contribution in [-0.4, -0.2) is 23.1 Å². The largest absolute Gasteiger partial charge is 0.481 e. The van der Waals surface area contributed by atoms with E-state index >= 15 is 0 Å². The van der Waals surface area contributed by atoms with Gasteiger partial charge >= 0.3 is 11.9 Å². The highest BCUT2D eigenvalue weighted by Gasteiger charge is 2.14. The highest BCUT2D eigenvalue weighted by molar-refractivity contribution is 5.69. The molecule has 0 amide bonds. The molecule has 4 nitrogen and oxygen atoms in total. The first kappa shape index (κ1) is 36.4. The van der Waals surface area contributed by atoms with Crippen molar-refractivity contribution in [3.63, 3.8) is 0 Å². The molecule has 0 aliphatic heterocycles. The van der Waals surface area contributed by atoms with E-state index < -0.39 is 5.97 Å². The molecule has 0 aliphatic rings. The van der Waals surface area contributed by atoms with Gasteiger partial charge in [0.2, 0.25) is 0 Å². The van der Waals surface area contributed by atoms with E-state index in [4.69, 9.17) is 9.84 Å². The summed E-state index contributed by atoms with van der Waals surface area (Å²) >= 11 is 0. The van der Waals surface area contributed by atoms with Gasteiger partial charge in [0, 0.05) is 12.8 Å². The topological polar surface area (TPSA) is 63.6 Å². The van der Waals surface area contributed by atoms with Crippen LogP contribution in [-0.2, 0) is 14.3 Å². The van der Waals surface area contributed by atoms with Crippen LogP contribution in [0.4, 0.5) is 0 Å². The lowest BCUT2D eigenvalue weighted by Gasteiger charge is -2.18. The number of carboxylic acid groups (broad SMARTS) is 1. The molecule has 38 heavy (non-hydrogen) atoms. The first-order valence-electron chi connectivity index (χ1n) is 16.3. The summed E-state index contributed by atoms with van der Waals surface area (Å²) in [7, 11) is 0. The number of hydrogen-bond acceptors (Lipinski definition) is 3. The maximum absolute atomic E-state index is 12.4. The van der Waals surface area contributed by atoms with Gasteiger partial charge in [0.1, 0.15) is 6.10 Å². The molecular weight excluding hydrogens is 472 g/mol. The number of rotatable bonds is 29. The number of esters is 1. The molecule has 222 valence electrons. The molecule has 0 spiro atoms. The fourth-order valence-electron chi connectivity index (χ4n) is 4.74. The normalized spacial score (nSPS) is 12.5. The standard InChI is InChI=1S/C34H62O4/c1-3-5-7-9-11-12-13-14-15-16-17-18-19-20-21-23-25-31-34(37)38-32(29-26-27-30-33(35)36)28-24-22-10-8-6-4-2/h11-12,14-15,32H,3-10,13,16-31H2,1-2H3,(H,35,36)/b12-11-,15-14-. The Bertz CT molecular complexity index is 581. The van der Waals surface area contributed by atoms with Crippen molar-refractivity contribution in [2.24, 2.45) is 0 Å². The van der Waals surface area contributed by atoms with Crippen molar-refractivity contribution >= 4 is 11.9 Å². The van der Waals surface area contributed by atoms with Gasteiger partial charge in [-0.1, -0.05) is 115 Å². The molecule has 0 bridgehead atoms. The molecular formula is C34H62O4. The van der Waals surface area contributed by atoms with Crippen molar-refractivity contribution in [1.82, 2.24) is 0 Å². The summed E-state index contributed by atoms with van der Waals surface area (Å²) in [4.78, 5) is 23.2. The van der Waals surface area contributed by atoms with E-state index in [1.54, 1.807) is 0 Å². The van der Waals surface area contributed by atoms with Crippen LogP contribution in [0.5, 0.6) is 0 Å². The second kappa shape index (κ2) is 30.0. The zero-order valence-electron chi connectivity index (χ0n) is 25.2. The molecule has 0 aliphatic carbocycles. The first-order valence-corrected chi connectivity index (χ1v) is 16.3. The van der Waals surface area contributed by atoms with Crippen LogP contribution >= 0.6 is 0 Å². The fourth-order valence-corrected chi connectivity index (χ4v) is 4.74. The summed E-state index contributed by atoms with van der Waals surface area (Å²) in [6, 6.07) is 0. The smallest absolute Gasteiger partial charge is 0.306 e. The van der Waals surface area contributed by atoms with E-state index in [9.17, 15) is 9.59 Å². The monoisotopic (exact) mass is 534 g/mol. The first-order chi connectivity index (χ1) is 18.6. The van der Waals surface area contributed by atoms with Crippen molar-refractivity contribution in [3.05, 3.63) is 24.3 Å². The van der Waals surface area contributed by atoms with Gasteiger partial charge in [-0.25, -0.2) is 0 Å². The molecule has 1 atom stereocenters. The Morgan fingerprint density at radius 2 is 1.03 bits per heavy atom. The number of allylic oxidation sites excluding steroid dienone is 4. The maximum Gasteiger partial charge on any atom is 0.306 e. The average molecular weight is 535 g/mol. The number of hydrogen-bond donors (Lipinski definition) is 1. The molecule has 0 saturated carbocycles. The lowest BCUT2D eigenvalue weighted by Crippen LogP contribution is -2.18. The minimum atomic E-state index is -0.747. The Labute approximate surface area is 236 Å². The van der Waals surface area contributed by atoms with Crippen LogP contribution in [0.25, 0.3) is 0 Å². The van der Waals surface area contributed by atoms with Gasteiger partial charge in [0.25, 0.3) is 0 Å². The van der Waals surface area contributed by atoms with E-state index in [1.807, 2.05) is 0 Å². The molecule has 0 aromatic heterocycles. The van der Waals surface area contributed by atoms with Crippen LogP contribution in [0.1, 0.15) is 174 Å². The summed E-state index contributed by atoms with van der Waals surface area (Å²) in [5, 5.41) is 8.85. The zero-order chi connectivity index (χ0) is 27.9. The van der Waals surface area contributed by atoms with Gasteiger partial charge in [-0.15, -0.1) is 0 Å². The van der Waals surface area contributed by atoms with Gasteiger partial charge < -0.3 is 9.84 Å². The predicted molar refractivity (Wildman–Crippen MR) is 163 cm³/mol. The third-order valence-corrected chi connectivity index (χ3v) is 7.18. The fraction of sp³-hybridized carbons (Fsp3) is 0.824. The number of carbonyl (C=O) groups excluding carboxylic acids is 1. The summed E-state index contributed by atoms with van der Waals surface area (Å²) in [6.45, 7) is 4.47. The van der Waals surface area contributed by atoms with Gasteiger partial charge in [0.15, 0.2) is 0 Å². The minimum Gasteiger partial charge on any atom is -0.481 e. The molecule has 0 radical (unpaired) electrons. The Morgan fingerprint density at radius 3 is 1.63 bits per heavy atom. The van der Waals surface area contributed by atoms with Gasteiger partial charge in [-0.3, -0.25) is 9.59 Å². The number of carboxylic acids is 1. The second-order valence-corrected chi connectivity index (χ2v) is 11.0. The molecule has 0 saturated heterocycles. The molecule has 0 fully saturated rings. The molecule has 4 heteroatoms. The third-order valence-electron chi connectivity index (χ3n) is 7.18. The molecule has 0 aromatic carbocycles. The van der Waals surface area contributed by atoms with Crippen molar-refractivity contribution in [2.75, 3.05) is 0 Å². The van der Waals surface area contributed by atoms with Gasteiger partial charge in [0.05, 0.1) is 0 Å².